The summed E-state index contributed by atoms with van der Waals surface area (Å²) in [4.78, 5) is 10.0. The van der Waals surface area contributed by atoms with E-state index in [0.717, 1.165) is 18.9 Å². The van der Waals surface area contributed by atoms with E-state index in [1.54, 1.807) is 0 Å². The third kappa shape index (κ3) is 4.57. The van der Waals surface area contributed by atoms with Crippen LogP contribution in [0.15, 0.2) is 27.6 Å². The number of hydrogen-bond acceptors (Lipinski definition) is 2. The summed E-state index contributed by atoms with van der Waals surface area (Å²) in [6.07, 6.45) is 1.27. The Kier molecular flexibility index (Phi) is 4.27. The third-order valence-corrected chi connectivity index (χ3v) is 5.30. The van der Waals surface area contributed by atoms with E-state index in [1.807, 2.05) is 6.92 Å². The topological polar surface area (TPSA) is 38.3 Å². The van der Waals surface area contributed by atoms with Gasteiger partial charge in [-0.05, 0) is 53.4 Å². The molecule has 0 unspecified atom stereocenters. The Bertz CT molecular complexity index is 637. The fraction of sp³-hybridized carbons (Fsp3) is 0.462. The summed E-state index contributed by atoms with van der Waals surface area (Å²) < 4.78 is 68.8. The highest BCUT2D eigenvalue weighted by Gasteiger charge is 2.65. The minimum Gasteiger partial charge on any atom is -0.365 e. The average molecular weight is 424 g/mol. The average Bonchev–Trinajstić information content (AvgIpc) is 2.87. The normalized spacial score (nSPS) is 24.8. The van der Waals surface area contributed by atoms with Crippen molar-refractivity contribution in [3.8, 4) is 0 Å². The maximum absolute atomic E-state index is 12.7. The van der Waals surface area contributed by atoms with Crippen LogP contribution in [0.25, 0.3) is 0 Å². The number of carbonyl (C=O) groups excluding carboxylic acids is 1. The van der Waals surface area contributed by atoms with Crippen LogP contribution in [-0.2, 0) is 9.53 Å². The van der Waals surface area contributed by atoms with Crippen LogP contribution in [0.2, 0.25) is 0 Å². The molecule has 0 aromatic heterocycles. The van der Waals surface area contributed by atoms with Crippen LogP contribution in [-0.4, -0.2) is 18.1 Å². The van der Waals surface area contributed by atoms with Crippen molar-refractivity contribution in [2.75, 3.05) is 5.32 Å². The van der Waals surface area contributed by atoms with Crippen molar-refractivity contribution in [2.45, 2.75) is 43.3 Å². The van der Waals surface area contributed by atoms with Crippen molar-refractivity contribution < 1.29 is 29.0 Å². The number of halogens is 6. The van der Waals surface area contributed by atoms with Crippen LogP contribution in [0.5, 0.6) is 0 Å². The molecule has 1 aliphatic heterocycles. The minimum absolute atomic E-state index is 0.0234. The van der Waals surface area contributed by atoms with Gasteiger partial charge in [0.05, 0.1) is 11.8 Å². The molecule has 0 bridgehead atoms. The van der Waals surface area contributed by atoms with Gasteiger partial charge in [-0.15, -0.1) is 0 Å². The number of benzene rings is 1. The van der Waals surface area contributed by atoms with Gasteiger partial charge in [0.2, 0.25) is 0 Å². The molecule has 0 radical (unpaired) electrons. The quantitative estimate of drug-likeness (QED) is 0.602. The molecule has 3 nitrogen and oxygen atoms in total. The van der Waals surface area contributed by atoms with E-state index in [2.05, 4.69) is 21.2 Å². The minimum atomic E-state index is -9.74. The van der Waals surface area contributed by atoms with Crippen molar-refractivity contribution >= 4 is 37.7 Å². The lowest BCUT2D eigenvalue weighted by molar-refractivity contribution is -0.126. The fourth-order valence-corrected chi connectivity index (χ4v) is 3.54. The molecule has 132 valence electrons. The van der Waals surface area contributed by atoms with E-state index in [4.69, 9.17) is 4.74 Å². The van der Waals surface area contributed by atoms with E-state index in [9.17, 15) is 24.2 Å². The van der Waals surface area contributed by atoms with Crippen molar-refractivity contribution in [3.63, 3.8) is 0 Å². The van der Waals surface area contributed by atoms with Crippen molar-refractivity contribution in [1.82, 2.24) is 0 Å². The zero-order valence-electron chi connectivity index (χ0n) is 12.0. The molecule has 1 fully saturated rings. The number of anilines is 1. The van der Waals surface area contributed by atoms with Gasteiger partial charge in [0.25, 0.3) is 5.91 Å². The molecule has 1 N–H and O–H groups in total. The van der Waals surface area contributed by atoms with Crippen LogP contribution in [0.4, 0.5) is 25.1 Å². The number of ether oxygens (including phenoxy) is 1. The first-order valence-electron chi connectivity index (χ1n) is 6.80. The molecule has 10 heteroatoms. The van der Waals surface area contributed by atoms with E-state index < -0.39 is 27.1 Å². The SMILES string of the molecule is CC[C@@H]1CC[C@@H](C(=O)Nc2ccc(S(F)(F)(F)(F)F)cc2Br)O1. The Morgan fingerprint density at radius 3 is 2.43 bits per heavy atom. The van der Waals surface area contributed by atoms with Crippen LogP contribution in [0.3, 0.4) is 0 Å². The van der Waals surface area contributed by atoms with Gasteiger partial charge in [0.1, 0.15) is 11.0 Å². The molecule has 2 atom stereocenters. The molecule has 1 saturated heterocycles. The second-order valence-electron chi connectivity index (χ2n) is 5.33. The van der Waals surface area contributed by atoms with E-state index in [-0.39, 0.29) is 28.4 Å². The monoisotopic (exact) mass is 423 g/mol. The zero-order valence-corrected chi connectivity index (χ0v) is 14.4. The molecule has 1 aliphatic rings. The second kappa shape index (κ2) is 5.32. The van der Waals surface area contributed by atoms with Gasteiger partial charge in [-0.2, -0.15) is 0 Å². The predicted octanol–water partition coefficient (Wildman–Crippen LogP) is 6.00. The smallest absolute Gasteiger partial charge is 0.310 e. The highest BCUT2D eigenvalue weighted by Crippen LogP contribution is 3.02. The largest absolute Gasteiger partial charge is 0.365 e. The van der Waals surface area contributed by atoms with Crippen LogP contribution in [0, 0.1) is 0 Å². The summed E-state index contributed by atoms with van der Waals surface area (Å²) in [5, 5.41) is 2.39. The Hall–Kier alpha value is -0.870. The Morgan fingerprint density at radius 1 is 1.30 bits per heavy atom. The van der Waals surface area contributed by atoms with Gasteiger partial charge < -0.3 is 10.1 Å². The van der Waals surface area contributed by atoms with E-state index in [1.165, 1.54) is 0 Å². The molecular formula is C13H15BrF5NO2S. The highest BCUT2D eigenvalue weighted by atomic mass is 79.9. The number of rotatable bonds is 4. The van der Waals surface area contributed by atoms with Crippen LogP contribution >= 0.6 is 26.2 Å². The van der Waals surface area contributed by atoms with Crippen molar-refractivity contribution in [1.29, 1.82) is 0 Å². The summed E-state index contributed by atoms with van der Waals surface area (Å²) in [5.74, 6) is -0.512. The Morgan fingerprint density at radius 2 is 1.96 bits per heavy atom. The van der Waals surface area contributed by atoms with Crippen molar-refractivity contribution in [3.05, 3.63) is 22.7 Å². The number of hydrogen-bond donors (Lipinski definition) is 1. The summed E-state index contributed by atoms with van der Waals surface area (Å²) in [5.41, 5.74) is -0.0239. The van der Waals surface area contributed by atoms with Crippen LogP contribution < -0.4 is 5.32 Å². The summed E-state index contributed by atoms with van der Waals surface area (Å²) in [7, 11) is -9.74. The van der Waals surface area contributed by atoms with Gasteiger partial charge in [-0.1, -0.05) is 26.4 Å². The number of amides is 1. The first-order chi connectivity index (χ1) is 10.3. The lowest BCUT2D eigenvalue weighted by Gasteiger charge is -2.40. The molecule has 1 aromatic rings. The van der Waals surface area contributed by atoms with Gasteiger partial charge in [0.15, 0.2) is 0 Å². The molecule has 1 aromatic carbocycles. The first-order valence-corrected chi connectivity index (χ1v) is 9.54. The van der Waals surface area contributed by atoms with E-state index >= 15 is 0 Å². The van der Waals surface area contributed by atoms with Gasteiger partial charge in [-0.25, -0.2) is 0 Å². The maximum atomic E-state index is 12.7. The number of carbonyl (C=O) groups is 1. The number of nitrogens with one attached hydrogen (secondary N) is 1. The Balaban J connectivity index is 2.15. The molecule has 0 saturated carbocycles. The molecule has 0 spiro atoms. The molecular weight excluding hydrogens is 409 g/mol. The molecule has 0 aliphatic carbocycles. The second-order valence-corrected chi connectivity index (χ2v) is 8.60. The maximum Gasteiger partial charge on any atom is 0.310 e. The van der Waals surface area contributed by atoms with Crippen LogP contribution in [0.1, 0.15) is 26.2 Å². The molecule has 1 heterocycles. The third-order valence-electron chi connectivity index (χ3n) is 3.50. The lowest BCUT2D eigenvalue weighted by Crippen LogP contribution is -2.28. The summed E-state index contributed by atoms with van der Waals surface area (Å²) >= 11 is 2.78. The van der Waals surface area contributed by atoms with Gasteiger partial charge in [-0.3, -0.25) is 4.79 Å². The molecule has 1 amide bonds. The van der Waals surface area contributed by atoms with Gasteiger partial charge in [0, 0.05) is 4.47 Å². The summed E-state index contributed by atoms with van der Waals surface area (Å²) in [6, 6.07) is 1.31. The molecule has 2 rings (SSSR count). The Labute approximate surface area is 138 Å². The fourth-order valence-electron chi connectivity index (χ4n) is 2.25. The molecule has 23 heavy (non-hydrogen) atoms. The first kappa shape index (κ1) is 18.5. The van der Waals surface area contributed by atoms with E-state index in [0.29, 0.717) is 6.42 Å². The van der Waals surface area contributed by atoms with Crippen molar-refractivity contribution in [2.24, 2.45) is 0 Å². The predicted molar refractivity (Wildman–Crippen MR) is 82.4 cm³/mol. The van der Waals surface area contributed by atoms with Gasteiger partial charge >= 0.3 is 10.2 Å². The summed E-state index contributed by atoms with van der Waals surface area (Å²) in [6.45, 7) is 1.92. The zero-order chi connectivity index (χ0) is 17.5. The lowest BCUT2D eigenvalue weighted by atomic mass is 10.1. The standard InChI is InChI=1S/C13H15BrF5NO2S/c1-2-8-3-6-12(22-8)13(21)20-11-5-4-9(7-10(11)14)23(15,16,17,18)19/h4-5,7-8,12H,2-3,6H2,1H3,(H,20,21)/t8-,12+/m1/s1. The highest BCUT2D eigenvalue weighted by molar-refractivity contribution is 9.10.